The molecule has 0 aliphatic carbocycles. The molecule has 1 aliphatic heterocycles. The second kappa shape index (κ2) is 13.1. The van der Waals surface area contributed by atoms with E-state index in [-0.39, 0.29) is 11.9 Å². The zero-order valence-electron chi connectivity index (χ0n) is 18.7. The molecule has 172 valence electrons. The fourth-order valence-electron chi connectivity index (χ4n) is 4.11. The first-order valence-electron chi connectivity index (χ1n) is 11.4. The number of aliphatic carboxylic acids is 1. The predicted octanol–water partition coefficient (Wildman–Crippen LogP) is 3.34. The second-order valence-electron chi connectivity index (χ2n) is 8.12. The molecular formula is C24H36N2O5. The Labute approximate surface area is 185 Å². The molecule has 1 heterocycles. The first kappa shape index (κ1) is 24.9. The minimum absolute atomic E-state index is 0.193. The molecule has 0 aromatic heterocycles. The predicted molar refractivity (Wildman–Crippen MR) is 119 cm³/mol. The van der Waals surface area contributed by atoms with Gasteiger partial charge in [-0.15, -0.1) is 0 Å². The summed E-state index contributed by atoms with van der Waals surface area (Å²) in [5.41, 5.74) is 0.882. The Morgan fingerprint density at radius 1 is 1.13 bits per heavy atom. The Bertz CT molecular complexity index is 709. The molecule has 2 rings (SSSR count). The summed E-state index contributed by atoms with van der Waals surface area (Å²) in [6, 6.07) is 8.17. The van der Waals surface area contributed by atoms with E-state index < -0.39 is 24.0 Å². The Morgan fingerprint density at radius 2 is 1.81 bits per heavy atom. The summed E-state index contributed by atoms with van der Waals surface area (Å²) in [6.07, 6.45) is 5.72. The standard InChI is InChI=1S/C24H36N2O5/c1-3-31-24(30)20(19-12-8-7-9-13-19)15-16-25-18(2)22(27)26-17-11-6-4-5-10-14-21(26)23(28)29/h7-9,12-13,18,20-21,25H,3-6,10-11,14-17H2,1-2H3,(H,28,29)/t18-,20?,21-/m0/s1. The van der Waals surface area contributed by atoms with Crippen molar-refractivity contribution in [3.8, 4) is 0 Å². The maximum atomic E-state index is 13.1. The van der Waals surface area contributed by atoms with Gasteiger partial charge in [0.05, 0.1) is 18.6 Å². The quantitative estimate of drug-likeness (QED) is 0.581. The van der Waals surface area contributed by atoms with Gasteiger partial charge in [0.15, 0.2) is 0 Å². The summed E-state index contributed by atoms with van der Waals surface area (Å²) in [7, 11) is 0. The van der Waals surface area contributed by atoms with Crippen molar-refractivity contribution in [2.24, 2.45) is 0 Å². The van der Waals surface area contributed by atoms with Crippen LogP contribution in [0, 0.1) is 0 Å². The number of carbonyl (C=O) groups is 3. The number of nitrogens with one attached hydrogen (secondary N) is 1. The van der Waals surface area contributed by atoms with Crippen molar-refractivity contribution >= 4 is 17.8 Å². The molecule has 2 N–H and O–H groups in total. The molecule has 0 saturated carbocycles. The van der Waals surface area contributed by atoms with E-state index >= 15 is 0 Å². The number of carboxylic acid groups (broad SMARTS) is 1. The number of carbonyl (C=O) groups excluding carboxylic acids is 2. The summed E-state index contributed by atoms with van der Waals surface area (Å²) in [5, 5.41) is 12.9. The van der Waals surface area contributed by atoms with Crippen molar-refractivity contribution in [1.29, 1.82) is 0 Å². The van der Waals surface area contributed by atoms with Crippen molar-refractivity contribution in [2.45, 2.75) is 76.8 Å². The van der Waals surface area contributed by atoms with E-state index in [1.54, 1.807) is 13.8 Å². The van der Waals surface area contributed by atoms with Crippen molar-refractivity contribution in [3.63, 3.8) is 0 Å². The first-order chi connectivity index (χ1) is 15.0. The molecule has 1 aromatic carbocycles. The molecule has 31 heavy (non-hydrogen) atoms. The molecule has 1 amide bonds. The van der Waals surface area contributed by atoms with Crippen LogP contribution < -0.4 is 5.32 Å². The summed E-state index contributed by atoms with van der Waals surface area (Å²) in [4.78, 5) is 38.8. The largest absolute Gasteiger partial charge is 0.480 e. The van der Waals surface area contributed by atoms with E-state index in [0.29, 0.717) is 32.5 Å². The third-order valence-corrected chi connectivity index (χ3v) is 5.85. The minimum atomic E-state index is -0.936. The number of nitrogens with zero attached hydrogens (tertiary/aromatic N) is 1. The lowest BCUT2D eigenvalue weighted by Gasteiger charge is -2.31. The highest BCUT2D eigenvalue weighted by Crippen LogP contribution is 2.21. The second-order valence-corrected chi connectivity index (χ2v) is 8.12. The average Bonchev–Trinajstić information content (AvgIpc) is 2.89. The third kappa shape index (κ3) is 7.65. The van der Waals surface area contributed by atoms with Crippen LogP contribution in [0.15, 0.2) is 30.3 Å². The van der Waals surface area contributed by atoms with Gasteiger partial charge in [0.1, 0.15) is 6.04 Å². The summed E-state index contributed by atoms with van der Waals surface area (Å²) < 4.78 is 5.23. The van der Waals surface area contributed by atoms with Gasteiger partial charge in [0, 0.05) is 6.54 Å². The molecule has 1 aromatic rings. The van der Waals surface area contributed by atoms with E-state index in [9.17, 15) is 19.5 Å². The number of esters is 1. The number of ether oxygens (including phenoxy) is 1. The molecule has 7 nitrogen and oxygen atoms in total. The van der Waals surface area contributed by atoms with Crippen molar-refractivity contribution in [3.05, 3.63) is 35.9 Å². The number of benzene rings is 1. The van der Waals surface area contributed by atoms with Crippen LogP contribution in [0.2, 0.25) is 0 Å². The Balaban J connectivity index is 1.99. The monoisotopic (exact) mass is 432 g/mol. The lowest BCUT2D eigenvalue weighted by molar-refractivity contribution is -0.151. The average molecular weight is 433 g/mol. The molecular weight excluding hydrogens is 396 g/mol. The fraction of sp³-hybridized carbons (Fsp3) is 0.625. The van der Waals surface area contributed by atoms with Gasteiger partial charge in [-0.1, -0.05) is 56.0 Å². The molecule has 0 radical (unpaired) electrons. The van der Waals surface area contributed by atoms with E-state index in [1.165, 1.54) is 4.90 Å². The van der Waals surface area contributed by atoms with Gasteiger partial charge in [0.2, 0.25) is 5.91 Å². The Kier molecular flexibility index (Phi) is 10.5. The van der Waals surface area contributed by atoms with Crippen LogP contribution >= 0.6 is 0 Å². The summed E-state index contributed by atoms with van der Waals surface area (Å²) in [6.45, 7) is 4.77. The van der Waals surface area contributed by atoms with Crippen molar-refractivity contribution in [2.75, 3.05) is 19.7 Å². The number of carboxylic acids is 1. The topological polar surface area (TPSA) is 95.9 Å². The maximum Gasteiger partial charge on any atom is 0.326 e. The molecule has 0 bridgehead atoms. The minimum Gasteiger partial charge on any atom is -0.480 e. The number of hydrogen-bond acceptors (Lipinski definition) is 5. The molecule has 1 unspecified atom stereocenters. The van der Waals surface area contributed by atoms with Crippen LogP contribution in [0.4, 0.5) is 0 Å². The number of rotatable bonds is 9. The van der Waals surface area contributed by atoms with E-state index in [4.69, 9.17) is 4.74 Å². The molecule has 1 fully saturated rings. The Morgan fingerprint density at radius 3 is 2.48 bits per heavy atom. The number of hydrogen-bond donors (Lipinski definition) is 2. The third-order valence-electron chi connectivity index (χ3n) is 5.85. The van der Waals surface area contributed by atoms with E-state index in [0.717, 1.165) is 37.7 Å². The first-order valence-corrected chi connectivity index (χ1v) is 11.4. The van der Waals surface area contributed by atoms with Gasteiger partial charge >= 0.3 is 11.9 Å². The SMILES string of the molecule is CCOC(=O)C(CCN[C@@H](C)C(=O)N1CCCCCCC[C@H]1C(=O)O)c1ccccc1. The van der Waals surface area contributed by atoms with Gasteiger partial charge in [-0.05, 0) is 45.2 Å². The van der Waals surface area contributed by atoms with Crippen LogP contribution in [-0.4, -0.2) is 59.6 Å². The molecule has 1 aliphatic rings. The molecule has 7 heteroatoms. The van der Waals surface area contributed by atoms with Crippen molar-refractivity contribution in [1.82, 2.24) is 10.2 Å². The maximum absolute atomic E-state index is 13.1. The van der Waals surface area contributed by atoms with Gasteiger partial charge in [-0.3, -0.25) is 9.59 Å². The zero-order valence-corrected chi connectivity index (χ0v) is 18.7. The highest BCUT2D eigenvalue weighted by atomic mass is 16.5. The van der Waals surface area contributed by atoms with Crippen LogP contribution in [0.5, 0.6) is 0 Å². The smallest absolute Gasteiger partial charge is 0.326 e. The van der Waals surface area contributed by atoms with E-state index in [2.05, 4.69) is 5.32 Å². The van der Waals surface area contributed by atoms with Gasteiger partial charge in [0.25, 0.3) is 0 Å². The van der Waals surface area contributed by atoms with Crippen LogP contribution in [0.3, 0.4) is 0 Å². The Hall–Kier alpha value is -2.41. The highest BCUT2D eigenvalue weighted by Gasteiger charge is 2.32. The normalized spacial score (nSPS) is 19.4. The zero-order chi connectivity index (χ0) is 22.6. The molecule has 0 spiro atoms. The van der Waals surface area contributed by atoms with Gasteiger partial charge in [-0.2, -0.15) is 0 Å². The highest BCUT2D eigenvalue weighted by molar-refractivity contribution is 5.86. The van der Waals surface area contributed by atoms with Crippen LogP contribution in [0.1, 0.15) is 70.3 Å². The molecule has 1 saturated heterocycles. The summed E-state index contributed by atoms with van der Waals surface area (Å²) in [5.74, 6) is -1.82. The van der Waals surface area contributed by atoms with Crippen LogP contribution in [0.25, 0.3) is 0 Å². The van der Waals surface area contributed by atoms with E-state index in [1.807, 2.05) is 30.3 Å². The van der Waals surface area contributed by atoms with Gasteiger partial charge in [-0.25, -0.2) is 4.79 Å². The van der Waals surface area contributed by atoms with Crippen LogP contribution in [-0.2, 0) is 19.1 Å². The van der Waals surface area contributed by atoms with Crippen molar-refractivity contribution < 1.29 is 24.2 Å². The lowest BCUT2D eigenvalue weighted by atomic mass is 9.95. The number of amides is 1. The van der Waals surface area contributed by atoms with Gasteiger partial charge < -0.3 is 20.1 Å². The molecule has 3 atom stereocenters. The lowest BCUT2D eigenvalue weighted by Crippen LogP contribution is -2.52. The summed E-state index contributed by atoms with van der Waals surface area (Å²) >= 11 is 0. The fourth-order valence-corrected chi connectivity index (χ4v) is 4.11.